The molecule has 8 nitrogen and oxygen atoms in total. The van der Waals surface area contributed by atoms with Gasteiger partial charge in [-0.3, -0.25) is 9.59 Å². The van der Waals surface area contributed by atoms with Crippen LogP contribution in [0.2, 0.25) is 0 Å². The average Bonchev–Trinajstić information content (AvgIpc) is 3.36. The topological polar surface area (TPSA) is 105 Å². The first-order valence-corrected chi connectivity index (χ1v) is 23.8. The zero-order valence-electron chi connectivity index (χ0n) is 38.1. The molecule has 4 aromatic rings. The van der Waals surface area contributed by atoms with Crippen molar-refractivity contribution in [2.45, 2.75) is 115 Å². The van der Waals surface area contributed by atoms with Crippen LogP contribution < -0.4 is 4.74 Å². The molecule has 0 radical (unpaired) electrons. The number of hydrogen-bond acceptors (Lipinski definition) is 8. The Morgan fingerprint density at radius 1 is 0.667 bits per heavy atom. The molecule has 0 spiro atoms. The number of unbranched alkanes of at least 4 members (excludes halogenated alkanes) is 2. The van der Waals surface area contributed by atoms with Crippen molar-refractivity contribution in [2.75, 3.05) is 6.79 Å². The highest BCUT2D eigenvalue weighted by Crippen LogP contribution is 2.45. The van der Waals surface area contributed by atoms with Crippen LogP contribution >= 0.6 is 0 Å². The first-order valence-electron chi connectivity index (χ1n) is 23.8. The quantitative estimate of drug-likeness (QED) is 0.0326. The van der Waals surface area contributed by atoms with Crippen molar-refractivity contribution in [1.29, 1.82) is 0 Å². The molecule has 8 heteroatoms. The van der Waals surface area contributed by atoms with Gasteiger partial charge in [0.05, 0.1) is 17.4 Å². The molecular formula is C58H60O8. The molecule has 0 unspecified atom stereocenters. The van der Waals surface area contributed by atoms with E-state index in [-0.39, 0.29) is 17.8 Å². The Kier molecular flexibility index (Phi) is 16.6. The predicted octanol–water partition coefficient (Wildman–Crippen LogP) is 11.7. The second-order valence-corrected chi connectivity index (χ2v) is 18.2. The van der Waals surface area contributed by atoms with E-state index in [4.69, 9.17) is 25.4 Å². The summed E-state index contributed by atoms with van der Waals surface area (Å²) in [6.45, 7) is 5.11. The van der Waals surface area contributed by atoms with Gasteiger partial charge >= 0.3 is 23.9 Å². The molecule has 3 aliphatic carbocycles. The van der Waals surface area contributed by atoms with Crippen molar-refractivity contribution < 1.29 is 38.1 Å². The molecule has 0 heterocycles. The number of hydrogen-bond donors (Lipinski definition) is 0. The van der Waals surface area contributed by atoms with Gasteiger partial charge in [-0.25, -0.2) is 9.59 Å². The highest BCUT2D eigenvalue weighted by Gasteiger charge is 2.41. The minimum Gasteiger partial charge on any atom is -0.442 e. The third-order valence-electron chi connectivity index (χ3n) is 13.9. The van der Waals surface area contributed by atoms with Crippen LogP contribution in [0.3, 0.4) is 0 Å². The summed E-state index contributed by atoms with van der Waals surface area (Å²) < 4.78 is 22.1. The van der Waals surface area contributed by atoms with Crippen LogP contribution in [-0.2, 0) is 28.6 Å². The summed E-state index contributed by atoms with van der Waals surface area (Å²) in [7, 11) is 0. The van der Waals surface area contributed by atoms with Crippen molar-refractivity contribution in [3.05, 3.63) is 125 Å². The van der Waals surface area contributed by atoms with Gasteiger partial charge in [-0.15, -0.1) is 6.42 Å². The first-order chi connectivity index (χ1) is 32.1. The standard InChI is InChI=1S/C58H60O8/c1-4-7-8-9-42-20-22-46(23-21-42)47-33-36-58(37-34-47,35-32-45-18-16-44(17-19-45)15-14-43-12-10-41(5-2)11-13-43)66-57(62)52-29-28-51-39-53(31-30-50(51)38-52)65-56(61)49-26-24-48(25-27-49)55(60)64-40-63-54(59)6-3/h2,6,10-13,16-19,28-31,38-39,42,46-49H,3-4,7-9,20-27,33-34,36-37,40H2,1H3. The summed E-state index contributed by atoms with van der Waals surface area (Å²) in [6.07, 6.45) is 22.3. The number of esters is 4. The van der Waals surface area contributed by atoms with Gasteiger partial charge in [-0.05, 0) is 171 Å². The van der Waals surface area contributed by atoms with Gasteiger partial charge in [0.1, 0.15) is 5.75 Å². The fourth-order valence-corrected chi connectivity index (χ4v) is 9.82. The Labute approximate surface area is 390 Å². The Hall–Kier alpha value is -6.56. The summed E-state index contributed by atoms with van der Waals surface area (Å²) in [6, 6.07) is 26.2. The second-order valence-electron chi connectivity index (χ2n) is 18.2. The average molecular weight is 885 g/mol. The number of benzene rings is 4. The van der Waals surface area contributed by atoms with E-state index in [0.717, 1.165) is 63.8 Å². The van der Waals surface area contributed by atoms with Gasteiger partial charge in [0.2, 0.25) is 6.79 Å². The Morgan fingerprint density at radius 3 is 1.86 bits per heavy atom. The molecule has 0 bridgehead atoms. The lowest BCUT2D eigenvalue weighted by Gasteiger charge is -2.41. The van der Waals surface area contributed by atoms with Crippen molar-refractivity contribution in [1.82, 2.24) is 0 Å². The SMILES string of the molecule is C#Cc1ccc(C#Cc2ccc(C#CC3(OC(=O)c4ccc5cc(OC(=O)C6CCC(C(=O)OCOC(=O)C=C)CC6)ccc5c4)CCC(C4CCC(CCCCC)CC4)CC3)cc2)cc1. The van der Waals surface area contributed by atoms with Crippen LogP contribution in [-0.4, -0.2) is 36.3 Å². The Morgan fingerprint density at radius 2 is 1.24 bits per heavy atom. The zero-order chi connectivity index (χ0) is 46.3. The van der Waals surface area contributed by atoms with E-state index in [2.05, 4.69) is 43.1 Å². The minimum atomic E-state index is -0.916. The van der Waals surface area contributed by atoms with E-state index in [1.54, 1.807) is 18.2 Å². The van der Waals surface area contributed by atoms with Crippen molar-refractivity contribution in [3.63, 3.8) is 0 Å². The van der Waals surface area contributed by atoms with Crippen LogP contribution in [0.5, 0.6) is 5.75 Å². The molecular weight excluding hydrogens is 825 g/mol. The van der Waals surface area contributed by atoms with Crippen molar-refractivity contribution >= 4 is 34.6 Å². The van der Waals surface area contributed by atoms with E-state index in [9.17, 15) is 19.2 Å². The van der Waals surface area contributed by atoms with Gasteiger partial charge in [0.25, 0.3) is 0 Å². The maximum absolute atomic E-state index is 14.1. The molecule has 3 fully saturated rings. The van der Waals surface area contributed by atoms with Gasteiger partial charge in [-0.2, -0.15) is 0 Å². The van der Waals surface area contributed by atoms with E-state index < -0.39 is 30.3 Å². The summed E-state index contributed by atoms with van der Waals surface area (Å²) >= 11 is 0. The van der Waals surface area contributed by atoms with E-state index in [1.165, 1.54) is 51.4 Å². The predicted molar refractivity (Wildman–Crippen MR) is 256 cm³/mol. The van der Waals surface area contributed by atoms with Crippen LogP contribution in [0.1, 0.15) is 142 Å². The minimum absolute atomic E-state index is 0.356. The van der Waals surface area contributed by atoms with Crippen LogP contribution in [0.25, 0.3) is 10.8 Å². The lowest BCUT2D eigenvalue weighted by atomic mass is 9.67. The molecule has 66 heavy (non-hydrogen) atoms. The first kappa shape index (κ1) is 47.4. The van der Waals surface area contributed by atoms with Gasteiger partial charge in [0, 0.05) is 28.3 Å². The third-order valence-corrected chi connectivity index (χ3v) is 13.9. The third kappa shape index (κ3) is 13.0. The summed E-state index contributed by atoms with van der Waals surface area (Å²) in [5, 5.41) is 1.62. The smallest absolute Gasteiger partial charge is 0.339 e. The number of ether oxygens (including phenoxy) is 4. The van der Waals surface area contributed by atoms with Crippen molar-refractivity contribution in [2.24, 2.45) is 29.6 Å². The number of rotatable bonds is 13. The second kappa shape index (κ2) is 23.1. The van der Waals surface area contributed by atoms with E-state index in [1.807, 2.05) is 66.7 Å². The number of fused-ring (bicyclic) bond motifs is 1. The highest BCUT2D eigenvalue weighted by molar-refractivity contribution is 5.96. The number of carbonyl (C=O) groups is 4. The van der Waals surface area contributed by atoms with E-state index >= 15 is 0 Å². The van der Waals surface area contributed by atoms with Crippen molar-refractivity contribution in [3.8, 4) is 41.8 Å². The fourth-order valence-electron chi connectivity index (χ4n) is 9.82. The molecule has 0 saturated heterocycles. The number of carbonyl (C=O) groups excluding carboxylic acids is 4. The van der Waals surface area contributed by atoms with Gasteiger partial charge in [-0.1, -0.05) is 87.8 Å². The van der Waals surface area contributed by atoms with Gasteiger partial charge in [0.15, 0.2) is 5.60 Å². The van der Waals surface area contributed by atoms with Crippen LogP contribution in [0.4, 0.5) is 0 Å². The normalized spacial score (nSPS) is 22.5. The summed E-state index contributed by atoms with van der Waals surface area (Å²) in [5.74, 6) is 15.9. The Bertz CT molecular complexity index is 2520. The largest absolute Gasteiger partial charge is 0.442 e. The highest BCUT2D eigenvalue weighted by atomic mass is 16.7. The zero-order valence-corrected chi connectivity index (χ0v) is 38.1. The fraction of sp³-hybridized carbons (Fsp3) is 0.414. The molecule has 3 saturated carbocycles. The molecule has 0 amide bonds. The molecule has 0 aliphatic heterocycles. The maximum Gasteiger partial charge on any atom is 0.339 e. The van der Waals surface area contributed by atoms with E-state index in [0.29, 0.717) is 55.8 Å². The molecule has 340 valence electrons. The monoisotopic (exact) mass is 884 g/mol. The Balaban J connectivity index is 0.990. The summed E-state index contributed by atoms with van der Waals surface area (Å²) in [4.78, 5) is 50.8. The molecule has 0 aromatic heterocycles. The summed E-state index contributed by atoms with van der Waals surface area (Å²) in [5.41, 5.74) is 2.93. The molecule has 0 N–H and O–H groups in total. The van der Waals surface area contributed by atoms with Crippen LogP contribution in [0.15, 0.2) is 97.6 Å². The number of terminal acetylenes is 1. The lowest BCUT2D eigenvalue weighted by Crippen LogP contribution is -2.39. The maximum atomic E-state index is 14.1. The van der Waals surface area contributed by atoms with Gasteiger partial charge < -0.3 is 18.9 Å². The molecule has 7 rings (SSSR count). The van der Waals surface area contributed by atoms with Crippen LogP contribution in [0, 0.1) is 65.6 Å². The molecule has 4 aromatic carbocycles. The molecule has 3 aliphatic rings. The lowest BCUT2D eigenvalue weighted by molar-refractivity contribution is -0.169. The molecule has 0 atom stereocenters.